The number of rotatable bonds is 7. The Bertz CT molecular complexity index is 1150. The van der Waals surface area contributed by atoms with Gasteiger partial charge in [0.1, 0.15) is 0 Å². The highest BCUT2D eigenvalue weighted by molar-refractivity contribution is 7.99. The number of amides is 1. The van der Waals surface area contributed by atoms with Gasteiger partial charge in [-0.25, -0.2) is 18.9 Å². The van der Waals surface area contributed by atoms with Gasteiger partial charge in [-0.15, -0.1) is 10.2 Å². The average Bonchev–Trinajstić information content (AvgIpc) is 3.30. The third-order valence-corrected chi connectivity index (χ3v) is 5.18. The molecule has 32 heavy (non-hydrogen) atoms. The maximum absolute atomic E-state index is 12.5. The van der Waals surface area contributed by atoms with Crippen LogP contribution in [0.2, 0.25) is 0 Å². The zero-order valence-corrected chi connectivity index (χ0v) is 18.6. The first-order valence-electron chi connectivity index (χ1n) is 9.22. The first-order chi connectivity index (χ1) is 15.2. The lowest BCUT2D eigenvalue weighted by Crippen LogP contribution is -2.19. The van der Waals surface area contributed by atoms with E-state index in [1.807, 2.05) is 19.9 Å². The molecule has 0 saturated heterocycles. The molecule has 1 amide bonds. The molecule has 0 spiro atoms. The third-order valence-electron chi connectivity index (χ3n) is 4.24. The monoisotopic (exact) mass is 459 g/mol. The lowest BCUT2D eigenvalue weighted by molar-refractivity contribution is -0.113. The minimum absolute atomic E-state index is 0.0531. The molecule has 0 aliphatic heterocycles. The van der Waals surface area contributed by atoms with Crippen molar-refractivity contribution >= 4 is 35.3 Å². The molecule has 3 rings (SSSR count). The van der Waals surface area contributed by atoms with Crippen LogP contribution in [0.15, 0.2) is 29.4 Å². The highest BCUT2D eigenvalue weighted by Crippen LogP contribution is 2.20. The number of hydrogen-bond acceptors (Lipinski definition) is 10. The van der Waals surface area contributed by atoms with E-state index >= 15 is 0 Å². The van der Waals surface area contributed by atoms with Crippen molar-refractivity contribution in [2.24, 2.45) is 0 Å². The summed E-state index contributed by atoms with van der Waals surface area (Å²) >= 11 is 1.06. The zero-order valence-electron chi connectivity index (χ0n) is 17.8. The molecule has 168 valence electrons. The molecular weight excluding hydrogens is 438 g/mol. The number of hydrogen-bond donors (Lipinski definition) is 2. The predicted octanol–water partition coefficient (Wildman–Crippen LogP) is 1.10. The van der Waals surface area contributed by atoms with Gasteiger partial charge in [-0.05, 0) is 38.1 Å². The van der Waals surface area contributed by atoms with Crippen molar-refractivity contribution in [3.63, 3.8) is 0 Å². The Balaban J connectivity index is 1.72. The molecule has 0 radical (unpaired) electrons. The minimum Gasteiger partial charge on any atom is -0.465 e. The van der Waals surface area contributed by atoms with E-state index in [0.717, 1.165) is 23.1 Å². The quantitative estimate of drug-likeness (QED) is 0.298. The van der Waals surface area contributed by atoms with E-state index in [9.17, 15) is 14.4 Å². The van der Waals surface area contributed by atoms with Crippen LogP contribution >= 0.6 is 11.8 Å². The van der Waals surface area contributed by atoms with Gasteiger partial charge in [0.15, 0.2) is 0 Å². The van der Waals surface area contributed by atoms with Crippen LogP contribution in [0.3, 0.4) is 0 Å². The SMILES string of the molecule is COC(=O)c1cc(NC(=O)CSc2nnc(-n3nc(C)cc3C)n2N)cc(C(=O)OC)c1. The largest absolute Gasteiger partial charge is 0.465 e. The molecule has 2 aromatic heterocycles. The summed E-state index contributed by atoms with van der Waals surface area (Å²) in [6.45, 7) is 3.71. The number of nitrogens with one attached hydrogen (secondary N) is 1. The molecule has 0 bridgehead atoms. The highest BCUT2D eigenvalue weighted by Gasteiger charge is 2.18. The van der Waals surface area contributed by atoms with Crippen LogP contribution in [0.25, 0.3) is 5.95 Å². The molecule has 0 aliphatic rings. The van der Waals surface area contributed by atoms with Crippen LogP contribution in [-0.4, -0.2) is 62.5 Å². The van der Waals surface area contributed by atoms with E-state index < -0.39 is 17.8 Å². The number of nitrogens with two attached hydrogens (primary N) is 1. The van der Waals surface area contributed by atoms with Crippen molar-refractivity contribution in [3.8, 4) is 5.95 Å². The van der Waals surface area contributed by atoms with Gasteiger partial charge in [-0.2, -0.15) is 5.10 Å². The van der Waals surface area contributed by atoms with Crippen LogP contribution in [0.1, 0.15) is 32.1 Å². The van der Waals surface area contributed by atoms with E-state index in [1.54, 1.807) is 4.68 Å². The molecular formula is C19H21N7O5S. The Morgan fingerprint density at radius 2 is 1.66 bits per heavy atom. The summed E-state index contributed by atoms with van der Waals surface area (Å²) in [4.78, 5) is 36.2. The number of carbonyl (C=O) groups excluding carboxylic acids is 3. The third kappa shape index (κ3) is 4.88. The standard InChI is InChI=1S/C19H21N7O5S/c1-10-5-11(2)26(24-10)18-22-23-19(25(18)20)32-9-15(27)21-14-7-12(16(28)30-3)6-13(8-14)17(29)31-4/h5-8H,9,20H2,1-4H3,(H,21,27). The average molecular weight is 459 g/mol. The number of aryl methyl sites for hydroxylation is 2. The van der Waals surface area contributed by atoms with Crippen molar-refractivity contribution in [3.05, 3.63) is 46.8 Å². The number of thioether (sulfide) groups is 1. The van der Waals surface area contributed by atoms with E-state index in [-0.39, 0.29) is 22.6 Å². The fourth-order valence-corrected chi connectivity index (χ4v) is 3.49. The highest BCUT2D eigenvalue weighted by atomic mass is 32.2. The number of carbonyl (C=O) groups is 3. The topological polar surface area (TPSA) is 156 Å². The van der Waals surface area contributed by atoms with E-state index in [1.165, 1.54) is 37.1 Å². The number of nitrogens with zero attached hydrogens (tertiary/aromatic N) is 5. The van der Waals surface area contributed by atoms with Gasteiger partial charge in [0, 0.05) is 11.4 Å². The Morgan fingerprint density at radius 3 is 2.19 bits per heavy atom. The fraction of sp³-hybridized carbons (Fsp3) is 0.263. The Kier molecular flexibility index (Phi) is 6.78. The first kappa shape index (κ1) is 22.8. The molecule has 0 unspecified atom stereocenters. The molecule has 13 heteroatoms. The minimum atomic E-state index is -0.659. The van der Waals surface area contributed by atoms with E-state index in [4.69, 9.17) is 5.84 Å². The van der Waals surface area contributed by atoms with Crippen LogP contribution in [0, 0.1) is 13.8 Å². The van der Waals surface area contributed by atoms with Gasteiger partial charge in [0.05, 0.1) is 36.8 Å². The lowest BCUT2D eigenvalue weighted by Gasteiger charge is -2.09. The second-order valence-electron chi connectivity index (χ2n) is 6.61. The summed E-state index contributed by atoms with van der Waals surface area (Å²) < 4.78 is 12.2. The Labute approximate surface area is 187 Å². The maximum Gasteiger partial charge on any atom is 0.337 e. The van der Waals surface area contributed by atoms with Crippen molar-refractivity contribution in [1.29, 1.82) is 0 Å². The molecule has 3 aromatic rings. The molecule has 2 heterocycles. The van der Waals surface area contributed by atoms with Gasteiger partial charge < -0.3 is 20.6 Å². The molecule has 0 saturated carbocycles. The zero-order chi connectivity index (χ0) is 23.4. The number of aromatic nitrogens is 5. The fourth-order valence-electron chi connectivity index (χ4n) is 2.84. The van der Waals surface area contributed by atoms with Crippen LogP contribution in [-0.2, 0) is 14.3 Å². The summed E-state index contributed by atoms with van der Waals surface area (Å²) in [6.07, 6.45) is 0. The predicted molar refractivity (Wildman–Crippen MR) is 115 cm³/mol. The van der Waals surface area contributed by atoms with Gasteiger partial charge in [0.2, 0.25) is 11.1 Å². The number of nitrogen functional groups attached to an aromatic ring is 1. The van der Waals surface area contributed by atoms with Crippen molar-refractivity contribution in [1.82, 2.24) is 24.7 Å². The normalized spacial score (nSPS) is 10.6. The molecule has 0 fully saturated rings. The number of benzene rings is 1. The summed E-state index contributed by atoms with van der Waals surface area (Å²) in [7, 11) is 2.43. The van der Waals surface area contributed by atoms with E-state index in [0.29, 0.717) is 11.1 Å². The molecule has 0 atom stereocenters. The summed E-state index contributed by atoms with van der Waals surface area (Å²) in [6, 6.07) is 5.99. The first-order valence-corrected chi connectivity index (χ1v) is 10.2. The molecule has 0 aliphatic carbocycles. The van der Waals surface area contributed by atoms with Gasteiger partial charge in [-0.1, -0.05) is 11.8 Å². The second-order valence-corrected chi connectivity index (χ2v) is 7.55. The van der Waals surface area contributed by atoms with E-state index in [2.05, 4.69) is 30.1 Å². The lowest BCUT2D eigenvalue weighted by atomic mass is 10.1. The van der Waals surface area contributed by atoms with Crippen molar-refractivity contribution in [2.75, 3.05) is 31.1 Å². The molecule has 12 nitrogen and oxygen atoms in total. The molecule has 3 N–H and O–H groups in total. The number of ether oxygens (including phenoxy) is 2. The van der Waals surface area contributed by atoms with Crippen molar-refractivity contribution < 1.29 is 23.9 Å². The van der Waals surface area contributed by atoms with Crippen LogP contribution in [0.4, 0.5) is 5.69 Å². The van der Waals surface area contributed by atoms with Gasteiger partial charge in [-0.3, -0.25) is 4.79 Å². The second kappa shape index (κ2) is 9.51. The Hall–Kier alpha value is -3.87. The summed E-state index contributed by atoms with van der Waals surface area (Å²) in [5.74, 6) is 4.59. The maximum atomic E-state index is 12.5. The molecule has 1 aromatic carbocycles. The van der Waals surface area contributed by atoms with Crippen LogP contribution < -0.4 is 11.2 Å². The summed E-state index contributed by atoms with van der Waals surface area (Å²) in [5, 5.41) is 15.3. The number of anilines is 1. The smallest absolute Gasteiger partial charge is 0.337 e. The number of methoxy groups -OCH3 is 2. The van der Waals surface area contributed by atoms with Gasteiger partial charge >= 0.3 is 11.9 Å². The van der Waals surface area contributed by atoms with Gasteiger partial charge in [0.25, 0.3) is 5.95 Å². The van der Waals surface area contributed by atoms with Crippen LogP contribution in [0.5, 0.6) is 0 Å². The summed E-state index contributed by atoms with van der Waals surface area (Å²) in [5.41, 5.74) is 2.06. The van der Waals surface area contributed by atoms with Crippen molar-refractivity contribution in [2.45, 2.75) is 19.0 Å². The number of esters is 2. The Morgan fingerprint density at radius 1 is 1.03 bits per heavy atom.